The molecule has 4 aromatic rings. The lowest BCUT2D eigenvalue weighted by Crippen LogP contribution is -2.12. The normalized spacial score (nSPS) is 10.8. The first-order chi connectivity index (χ1) is 26.9. The molecule has 0 N–H and O–H groups in total. The molecule has 0 spiro atoms. The molecular formula is C41H38F2O12S. The minimum Gasteiger partial charge on any atom is -0.493 e. The predicted molar refractivity (Wildman–Crippen MR) is 197 cm³/mol. The first kappa shape index (κ1) is 42.4. The van der Waals surface area contributed by atoms with Crippen LogP contribution in [0.25, 0.3) is 0 Å². The monoisotopic (exact) mass is 792 g/mol. The Morgan fingerprint density at radius 3 is 1.50 bits per heavy atom. The highest BCUT2D eigenvalue weighted by Crippen LogP contribution is 2.26. The number of halogens is 2. The van der Waals surface area contributed by atoms with Crippen LogP contribution >= 0.6 is 0 Å². The fourth-order valence-electron chi connectivity index (χ4n) is 4.76. The summed E-state index contributed by atoms with van der Waals surface area (Å²) in [5, 5.41) is 0. The van der Waals surface area contributed by atoms with Gasteiger partial charge < -0.3 is 28.4 Å². The second-order valence-corrected chi connectivity index (χ2v) is 13.7. The van der Waals surface area contributed by atoms with Gasteiger partial charge in [-0.05, 0) is 98.0 Å². The lowest BCUT2D eigenvalue weighted by Gasteiger charge is -2.10. The number of carbonyl (C=O) groups excluding carboxylic acids is 4. The third-order valence-corrected chi connectivity index (χ3v) is 9.45. The van der Waals surface area contributed by atoms with Crippen LogP contribution in [0.3, 0.4) is 0 Å². The summed E-state index contributed by atoms with van der Waals surface area (Å²) in [6.45, 7) is 7.50. The third-order valence-electron chi connectivity index (χ3n) is 7.67. The van der Waals surface area contributed by atoms with Gasteiger partial charge in [0.2, 0.25) is 9.84 Å². The predicted octanol–water partition coefficient (Wildman–Crippen LogP) is 6.94. The van der Waals surface area contributed by atoms with Crippen molar-refractivity contribution in [2.45, 2.75) is 41.9 Å². The minimum atomic E-state index is -4.05. The summed E-state index contributed by atoms with van der Waals surface area (Å²) < 4.78 is 87.1. The molecule has 0 saturated heterocycles. The number of hydrogen-bond acceptors (Lipinski definition) is 12. The van der Waals surface area contributed by atoms with Crippen molar-refractivity contribution in [3.63, 3.8) is 0 Å². The van der Waals surface area contributed by atoms with Crippen molar-refractivity contribution in [2.75, 3.05) is 26.4 Å². The summed E-state index contributed by atoms with van der Waals surface area (Å²) in [6, 6.07) is 17.6. The van der Waals surface area contributed by atoms with E-state index in [-0.39, 0.29) is 70.3 Å². The van der Waals surface area contributed by atoms with Gasteiger partial charge in [-0.1, -0.05) is 19.2 Å². The Bertz CT molecular complexity index is 2130. The molecule has 0 unspecified atom stereocenters. The Morgan fingerprint density at radius 1 is 0.571 bits per heavy atom. The molecular weight excluding hydrogens is 755 g/mol. The molecule has 15 heteroatoms. The summed E-state index contributed by atoms with van der Waals surface area (Å²) in [7, 11) is -4.05. The molecule has 0 saturated carbocycles. The average Bonchev–Trinajstić information content (AvgIpc) is 3.18. The van der Waals surface area contributed by atoms with E-state index in [0.29, 0.717) is 25.7 Å². The maximum Gasteiger partial charge on any atom is 0.346 e. The molecule has 0 radical (unpaired) electrons. The van der Waals surface area contributed by atoms with Crippen molar-refractivity contribution in [2.24, 2.45) is 0 Å². The van der Waals surface area contributed by atoms with Gasteiger partial charge in [-0.2, -0.15) is 0 Å². The maximum absolute atomic E-state index is 14.7. The zero-order valence-corrected chi connectivity index (χ0v) is 30.9. The smallest absolute Gasteiger partial charge is 0.346 e. The highest BCUT2D eigenvalue weighted by atomic mass is 32.2. The lowest BCUT2D eigenvalue weighted by atomic mass is 10.1. The van der Waals surface area contributed by atoms with Crippen LogP contribution in [0.1, 0.15) is 41.6 Å². The fraction of sp³-hybridized carbons (Fsp3) is 0.220. The van der Waals surface area contributed by atoms with Crippen molar-refractivity contribution in [1.29, 1.82) is 0 Å². The van der Waals surface area contributed by atoms with E-state index in [1.165, 1.54) is 72.8 Å². The van der Waals surface area contributed by atoms with Crippen molar-refractivity contribution in [1.82, 2.24) is 0 Å². The van der Waals surface area contributed by atoms with Crippen LogP contribution in [0.15, 0.2) is 120 Å². The molecule has 0 aliphatic carbocycles. The maximum atomic E-state index is 14.7. The number of benzene rings is 4. The van der Waals surface area contributed by atoms with E-state index in [2.05, 4.69) is 13.2 Å². The Kier molecular flexibility index (Phi) is 15.8. The highest BCUT2D eigenvalue weighted by Gasteiger charge is 2.20. The van der Waals surface area contributed by atoms with Gasteiger partial charge in [0.25, 0.3) is 0 Å². The Balaban J connectivity index is 1.24. The second kappa shape index (κ2) is 20.9. The van der Waals surface area contributed by atoms with Gasteiger partial charge in [-0.25, -0.2) is 31.6 Å². The van der Waals surface area contributed by atoms with Crippen LogP contribution in [0.4, 0.5) is 8.78 Å². The molecule has 0 aliphatic rings. The fourth-order valence-corrected chi connectivity index (χ4v) is 6.02. The number of carbonyl (C=O) groups is 4. The van der Waals surface area contributed by atoms with Crippen molar-refractivity contribution in [3.05, 3.63) is 133 Å². The largest absolute Gasteiger partial charge is 0.493 e. The molecule has 0 atom stereocenters. The van der Waals surface area contributed by atoms with Crippen LogP contribution in [0.2, 0.25) is 0 Å². The second-order valence-electron chi connectivity index (χ2n) is 11.7. The summed E-state index contributed by atoms with van der Waals surface area (Å²) in [4.78, 5) is 47.0. The lowest BCUT2D eigenvalue weighted by molar-refractivity contribution is -0.138. The zero-order chi connectivity index (χ0) is 40.5. The molecule has 294 valence electrons. The number of ether oxygens (including phenoxy) is 6. The third kappa shape index (κ3) is 12.9. The van der Waals surface area contributed by atoms with Crippen LogP contribution in [-0.4, -0.2) is 58.7 Å². The average molecular weight is 793 g/mol. The number of sulfone groups is 1. The van der Waals surface area contributed by atoms with E-state index >= 15 is 0 Å². The van der Waals surface area contributed by atoms with Crippen molar-refractivity contribution in [3.8, 4) is 23.0 Å². The molecule has 0 fully saturated rings. The topological polar surface area (TPSA) is 158 Å². The van der Waals surface area contributed by atoms with E-state index in [0.717, 1.165) is 24.3 Å². The van der Waals surface area contributed by atoms with Crippen LogP contribution in [0, 0.1) is 11.6 Å². The summed E-state index contributed by atoms with van der Waals surface area (Å²) >= 11 is 0. The Morgan fingerprint density at radius 2 is 1.02 bits per heavy atom. The van der Waals surface area contributed by atoms with Gasteiger partial charge in [0.05, 0.1) is 48.2 Å². The standard InChI is InChI=1S/C41H38F2O12S/c1-3-38(44)52-23-7-5-21-50-31-10-9-28(36(42)26-31)25-40(46)54-29-11-16-33(17-12-29)56(48,49)34-18-13-30(14-19-34)55-41(47)35-20-15-32(27-37(35)43)51-22-6-8-24-53-39(45)4-2/h3-4,9-20,26-27H,1-2,5-8,21-25H2. The van der Waals surface area contributed by atoms with Crippen LogP contribution < -0.4 is 18.9 Å². The van der Waals surface area contributed by atoms with Crippen LogP contribution in [-0.2, 0) is 40.1 Å². The molecule has 4 rings (SSSR count). The summed E-state index contributed by atoms with van der Waals surface area (Å²) in [5.74, 6) is -3.96. The molecule has 0 aliphatic heterocycles. The van der Waals surface area contributed by atoms with Gasteiger partial charge in [0.1, 0.15) is 34.6 Å². The van der Waals surface area contributed by atoms with E-state index in [1.807, 2.05) is 0 Å². The Hall–Kier alpha value is -6.35. The quantitative estimate of drug-likeness (QED) is 0.0371. The number of esters is 4. The highest BCUT2D eigenvalue weighted by molar-refractivity contribution is 7.91. The van der Waals surface area contributed by atoms with Crippen LogP contribution in [0.5, 0.6) is 23.0 Å². The molecule has 0 bridgehead atoms. The van der Waals surface area contributed by atoms with Gasteiger partial charge in [0.15, 0.2) is 0 Å². The summed E-state index contributed by atoms with van der Waals surface area (Å²) in [6.07, 6.45) is 3.90. The number of unbranched alkanes of at least 4 members (excludes halogenated alkanes) is 2. The summed E-state index contributed by atoms with van der Waals surface area (Å²) in [5.41, 5.74) is -0.302. The molecule has 0 amide bonds. The van der Waals surface area contributed by atoms with E-state index in [4.69, 9.17) is 28.4 Å². The zero-order valence-electron chi connectivity index (χ0n) is 30.1. The van der Waals surface area contributed by atoms with E-state index in [9.17, 15) is 36.4 Å². The first-order valence-electron chi connectivity index (χ1n) is 17.2. The van der Waals surface area contributed by atoms with E-state index < -0.39 is 51.8 Å². The van der Waals surface area contributed by atoms with Gasteiger partial charge >= 0.3 is 23.9 Å². The SMILES string of the molecule is C=CC(=O)OCCCCOc1ccc(CC(=O)Oc2ccc(S(=O)(=O)c3ccc(OC(=O)c4ccc(OCCCCOC(=O)C=C)cc4F)cc3)cc2)c(F)c1. The van der Waals surface area contributed by atoms with E-state index in [1.54, 1.807) is 0 Å². The van der Waals surface area contributed by atoms with Gasteiger partial charge in [0, 0.05) is 24.3 Å². The molecule has 0 heterocycles. The molecule has 0 aromatic heterocycles. The van der Waals surface area contributed by atoms with Crippen molar-refractivity contribution < 1.29 is 64.8 Å². The Labute approximate surface area is 322 Å². The first-order valence-corrected chi connectivity index (χ1v) is 18.7. The number of rotatable bonds is 21. The van der Waals surface area contributed by atoms with Gasteiger partial charge in [-0.3, -0.25) is 4.79 Å². The van der Waals surface area contributed by atoms with Gasteiger partial charge in [-0.15, -0.1) is 0 Å². The molecule has 56 heavy (non-hydrogen) atoms. The number of hydrogen-bond donors (Lipinski definition) is 0. The van der Waals surface area contributed by atoms with Crippen molar-refractivity contribution >= 4 is 33.7 Å². The molecule has 12 nitrogen and oxygen atoms in total. The minimum absolute atomic E-state index is 0.0333. The molecule has 4 aromatic carbocycles.